The van der Waals surface area contributed by atoms with Crippen molar-refractivity contribution in [2.45, 2.75) is 5.37 Å². The third-order valence-electron chi connectivity index (χ3n) is 0.698. The molecular formula is C5H7NO3S. The predicted molar refractivity (Wildman–Crippen MR) is 38.7 cm³/mol. The SMILES string of the molecule is C=CC(=O)NC(S)C(=O)O. The minimum Gasteiger partial charge on any atom is -0.479 e. The minimum atomic E-state index is -1.20. The lowest BCUT2D eigenvalue weighted by atomic mass is 10.5. The summed E-state index contributed by atoms with van der Waals surface area (Å²) in [5.74, 6) is -1.75. The number of carbonyl (C=O) groups excluding carboxylic acids is 1. The fourth-order valence-electron chi connectivity index (χ4n) is 0.255. The van der Waals surface area contributed by atoms with Crippen LogP contribution in [0.4, 0.5) is 0 Å². The third-order valence-corrected chi connectivity index (χ3v) is 1.05. The maximum Gasteiger partial charge on any atom is 0.336 e. The highest BCUT2D eigenvalue weighted by molar-refractivity contribution is 7.81. The van der Waals surface area contributed by atoms with Gasteiger partial charge in [0.2, 0.25) is 5.91 Å². The Kier molecular flexibility index (Phi) is 3.56. The first-order valence-corrected chi connectivity index (χ1v) is 2.93. The van der Waals surface area contributed by atoms with Gasteiger partial charge < -0.3 is 10.4 Å². The normalized spacial score (nSPS) is 11.7. The monoisotopic (exact) mass is 161 g/mol. The number of aliphatic carboxylic acids is 1. The molecule has 5 heteroatoms. The minimum absolute atomic E-state index is 0.553. The van der Waals surface area contributed by atoms with Crippen molar-refractivity contribution in [2.75, 3.05) is 0 Å². The zero-order valence-electron chi connectivity index (χ0n) is 5.07. The lowest BCUT2D eigenvalue weighted by Crippen LogP contribution is -2.35. The molecule has 0 aromatic rings. The largest absolute Gasteiger partial charge is 0.479 e. The van der Waals surface area contributed by atoms with Crippen LogP contribution in [-0.4, -0.2) is 22.4 Å². The number of carbonyl (C=O) groups is 2. The molecule has 56 valence electrons. The van der Waals surface area contributed by atoms with Crippen LogP contribution in [0.2, 0.25) is 0 Å². The molecule has 10 heavy (non-hydrogen) atoms. The van der Waals surface area contributed by atoms with Crippen molar-refractivity contribution >= 4 is 24.5 Å². The standard InChI is InChI=1S/C5H7NO3S/c1-2-3(7)6-4(10)5(8)9/h2,4,10H,1H2,(H,6,7)(H,8,9). The van der Waals surface area contributed by atoms with E-state index in [-0.39, 0.29) is 0 Å². The topological polar surface area (TPSA) is 66.4 Å². The van der Waals surface area contributed by atoms with E-state index in [2.05, 4.69) is 19.2 Å². The number of nitrogens with one attached hydrogen (secondary N) is 1. The molecule has 1 unspecified atom stereocenters. The van der Waals surface area contributed by atoms with Crippen molar-refractivity contribution in [3.63, 3.8) is 0 Å². The van der Waals surface area contributed by atoms with Gasteiger partial charge in [-0.05, 0) is 6.08 Å². The zero-order chi connectivity index (χ0) is 8.15. The van der Waals surface area contributed by atoms with Crippen molar-refractivity contribution in [2.24, 2.45) is 0 Å². The first kappa shape index (κ1) is 9.03. The Balaban J connectivity index is 3.79. The van der Waals surface area contributed by atoms with E-state index in [0.717, 1.165) is 6.08 Å². The highest BCUT2D eigenvalue weighted by Gasteiger charge is 2.11. The summed E-state index contributed by atoms with van der Waals surface area (Å²) in [6, 6.07) is 0. The van der Waals surface area contributed by atoms with E-state index in [1.54, 1.807) is 0 Å². The van der Waals surface area contributed by atoms with E-state index in [1.807, 2.05) is 5.32 Å². The van der Waals surface area contributed by atoms with Crippen LogP contribution in [0, 0.1) is 0 Å². The molecule has 0 heterocycles. The average molecular weight is 161 g/mol. The van der Waals surface area contributed by atoms with Gasteiger partial charge in [-0.3, -0.25) is 4.79 Å². The van der Waals surface area contributed by atoms with Crippen molar-refractivity contribution < 1.29 is 14.7 Å². The molecule has 0 aromatic carbocycles. The van der Waals surface area contributed by atoms with Crippen LogP contribution >= 0.6 is 12.6 Å². The Morgan fingerprint density at radius 2 is 2.20 bits per heavy atom. The van der Waals surface area contributed by atoms with Crippen LogP contribution in [0.1, 0.15) is 0 Å². The highest BCUT2D eigenvalue weighted by atomic mass is 32.1. The molecule has 0 bridgehead atoms. The predicted octanol–water partition coefficient (Wildman–Crippen LogP) is -0.371. The molecule has 0 aliphatic rings. The van der Waals surface area contributed by atoms with Gasteiger partial charge in [-0.15, -0.1) is 12.6 Å². The van der Waals surface area contributed by atoms with Crippen molar-refractivity contribution in [1.82, 2.24) is 5.32 Å². The fraction of sp³-hybridized carbons (Fsp3) is 0.200. The Morgan fingerprint density at radius 1 is 1.70 bits per heavy atom. The van der Waals surface area contributed by atoms with Gasteiger partial charge >= 0.3 is 5.97 Å². The van der Waals surface area contributed by atoms with E-state index >= 15 is 0 Å². The Morgan fingerprint density at radius 3 is 2.50 bits per heavy atom. The van der Waals surface area contributed by atoms with Gasteiger partial charge in [-0.25, -0.2) is 4.79 Å². The summed E-state index contributed by atoms with van der Waals surface area (Å²) in [5.41, 5.74) is 0. The van der Waals surface area contributed by atoms with Crippen LogP contribution in [0.25, 0.3) is 0 Å². The summed E-state index contributed by atoms with van der Waals surface area (Å²) < 4.78 is 0. The summed E-state index contributed by atoms with van der Waals surface area (Å²) in [6.07, 6.45) is 0.978. The number of rotatable bonds is 3. The average Bonchev–Trinajstić information content (AvgIpc) is 1.87. The molecule has 0 aliphatic carbocycles. The smallest absolute Gasteiger partial charge is 0.336 e. The summed E-state index contributed by atoms with van der Waals surface area (Å²) in [4.78, 5) is 20.4. The number of carboxylic acid groups (broad SMARTS) is 1. The number of hydrogen-bond acceptors (Lipinski definition) is 3. The maximum atomic E-state index is 10.4. The molecule has 0 rings (SSSR count). The summed E-state index contributed by atoms with van der Waals surface area (Å²) in [7, 11) is 0. The third kappa shape index (κ3) is 3.13. The summed E-state index contributed by atoms with van der Waals surface area (Å²) in [6.45, 7) is 3.13. The van der Waals surface area contributed by atoms with Crippen molar-refractivity contribution in [3.8, 4) is 0 Å². The van der Waals surface area contributed by atoms with Crippen LogP contribution in [0.15, 0.2) is 12.7 Å². The van der Waals surface area contributed by atoms with E-state index in [0.29, 0.717) is 0 Å². The van der Waals surface area contributed by atoms with Crippen LogP contribution in [-0.2, 0) is 9.59 Å². The summed E-state index contributed by atoms with van der Waals surface area (Å²) in [5, 5.41) is 9.08. The van der Waals surface area contributed by atoms with E-state index in [9.17, 15) is 9.59 Å². The first-order valence-electron chi connectivity index (χ1n) is 2.41. The quantitative estimate of drug-likeness (QED) is 0.300. The second kappa shape index (κ2) is 3.94. The second-order valence-electron chi connectivity index (χ2n) is 1.45. The highest BCUT2D eigenvalue weighted by Crippen LogP contribution is 1.88. The van der Waals surface area contributed by atoms with Gasteiger partial charge in [0.1, 0.15) is 0 Å². The first-order chi connectivity index (χ1) is 4.57. The molecule has 0 saturated carbocycles. The van der Waals surface area contributed by atoms with Gasteiger partial charge in [0, 0.05) is 0 Å². The van der Waals surface area contributed by atoms with Gasteiger partial charge in [-0.1, -0.05) is 6.58 Å². The molecule has 0 radical (unpaired) electrons. The maximum absolute atomic E-state index is 10.4. The van der Waals surface area contributed by atoms with Crippen molar-refractivity contribution in [1.29, 1.82) is 0 Å². The molecule has 1 amide bonds. The number of thiol groups is 1. The van der Waals surface area contributed by atoms with Crippen LogP contribution < -0.4 is 5.32 Å². The Labute approximate surface area is 63.3 Å². The van der Waals surface area contributed by atoms with Gasteiger partial charge in [-0.2, -0.15) is 0 Å². The van der Waals surface area contributed by atoms with Gasteiger partial charge in [0.05, 0.1) is 0 Å². The molecule has 0 spiro atoms. The Bertz CT molecular complexity index is 168. The number of amides is 1. The van der Waals surface area contributed by atoms with Crippen LogP contribution in [0.3, 0.4) is 0 Å². The molecule has 0 aromatic heterocycles. The van der Waals surface area contributed by atoms with Crippen molar-refractivity contribution in [3.05, 3.63) is 12.7 Å². The lowest BCUT2D eigenvalue weighted by molar-refractivity contribution is -0.138. The molecule has 2 N–H and O–H groups in total. The lowest BCUT2D eigenvalue weighted by Gasteiger charge is -2.04. The molecule has 0 aliphatic heterocycles. The molecular weight excluding hydrogens is 154 g/mol. The Hall–Kier alpha value is -0.970. The van der Waals surface area contributed by atoms with E-state index in [1.165, 1.54) is 0 Å². The molecule has 0 fully saturated rings. The molecule has 1 atom stereocenters. The second-order valence-corrected chi connectivity index (χ2v) is 1.97. The van der Waals surface area contributed by atoms with Gasteiger partial charge in [0.15, 0.2) is 5.37 Å². The van der Waals surface area contributed by atoms with E-state index in [4.69, 9.17) is 5.11 Å². The van der Waals surface area contributed by atoms with E-state index < -0.39 is 17.3 Å². The van der Waals surface area contributed by atoms with Gasteiger partial charge in [0.25, 0.3) is 0 Å². The molecule has 4 nitrogen and oxygen atoms in total. The summed E-state index contributed by atoms with van der Waals surface area (Å²) >= 11 is 3.54. The fourth-order valence-corrected chi connectivity index (χ4v) is 0.383. The molecule has 0 saturated heterocycles. The zero-order valence-corrected chi connectivity index (χ0v) is 5.97. The van der Waals surface area contributed by atoms with Crippen LogP contribution in [0.5, 0.6) is 0 Å². The number of carboxylic acids is 1. The number of hydrogen-bond donors (Lipinski definition) is 3.